The van der Waals surface area contributed by atoms with Crippen molar-refractivity contribution in [2.24, 2.45) is 0 Å². The highest BCUT2D eigenvalue weighted by atomic mass is 32.2. The predicted octanol–water partition coefficient (Wildman–Crippen LogP) is 13.5. The molecule has 1 aromatic heterocycles. The maximum absolute atomic E-state index is 2.72. The van der Waals surface area contributed by atoms with E-state index < -0.39 is 0 Å². The van der Waals surface area contributed by atoms with E-state index in [9.17, 15) is 0 Å². The molecular formula is C64H53B2N3S. The topological polar surface area (TPSA) is 11.4 Å². The SMILES string of the molecule is Cc1ccccc1N1c2ccc(C(C)C)cc2B2c3cc(C(C)C)ccc3N3c4ccc(C(C)C)cc4B4c5ccccc5Sc5c4c3c2c1c5-c1cccc2c1c1ccccc1n2-c1ccccc1. The van der Waals surface area contributed by atoms with Crippen LogP contribution in [0.2, 0.25) is 0 Å². The number of hydrogen-bond acceptors (Lipinski definition) is 3. The summed E-state index contributed by atoms with van der Waals surface area (Å²) in [4.78, 5) is 8.10. The Hall–Kier alpha value is -7.14. The predicted molar refractivity (Wildman–Crippen MR) is 302 cm³/mol. The van der Waals surface area contributed by atoms with Crippen LogP contribution >= 0.6 is 11.8 Å². The van der Waals surface area contributed by atoms with Crippen molar-refractivity contribution in [1.29, 1.82) is 0 Å². The van der Waals surface area contributed by atoms with Gasteiger partial charge in [-0.25, -0.2) is 0 Å². The standard InChI is InChI=1S/C64H53B2N3S/c1-37(2)41-29-32-54-48(34-41)65-47-23-13-16-27-57(47)70-64-59(46-22-17-26-56-58(46)45-21-12-15-25-52(45)67(56)44-19-9-8-10-20-44)62-60-63(61(64)65)69(54)55-33-30-43(39(5)6)36-50(55)66(60)49-35-42(38(3)4)28-31-53(49)68(62)51-24-14-11-18-40(51)7/h8-39H,1-7H3. The summed E-state index contributed by atoms with van der Waals surface area (Å²) >= 11 is 1.99. The van der Waals surface area contributed by atoms with Crippen LogP contribution < -0.4 is 42.6 Å². The summed E-state index contributed by atoms with van der Waals surface area (Å²) in [5.41, 5.74) is 27.7. The second-order valence-corrected chi connectivity index (χ2v) is 22.1. The molecule has 336 valence electrons. The second-order valence-electron chi connectivity index (χ2n) is 21.0. The minimum atomic E-state index is -0.0165. The van der Waals surface area contributed by atoms with Crippen LogP contribution in [0, 0.1) is 6.92 Å². The van der Waals surface area contributed by atoms with Crippen LogP contribution in [0.1, 0.15) is 81.5 Å². The first-order chi connectivity index (χ1) is 34.2. The average Bonchev–Trinajstić information content (AvgIpc) is 3.73. The molecule has 0 spiro atoms. The van der Waals surface area contributed by atoms with Gasteiger partial charge in [0.2, 0.25) is 6.71 Å². The molecule has 0 atom stereocenters. The Morgan fingerprint density at radius 2 is 0.986 bits per heavy atom. The molecule has 4 aliphatic rings. The van der Waals surface area contributed by atoms with Gasteiger partial charge in [-0.2, -0.15) is 0 Å². The van der Waals surface area contributed by atoms with Gasteiger partial charge in [-0.1, -0.05) is 180 Å². The maximum Gasteiger partial charge on any atom is 0.252 e. The second kappa shape index (κ2) is 15.4. The zero-order valence-corrected chi connectivity index (χ0v) is 41.7. The number of hydrogen-bond donors (Lipinski definition) is 0. The monoisotopic (exact) mass is 917 g/mol. The minimum absolute atomic E-state index is 0.0165. The summed E-state index contributed by atoms with van der Waals surface area (Å²) in [5.74, 6) is 1.13. The minimum Gasteiger partial charge on any atom is -0.312 e. The third-order valence-corrected chi connectivity index (χ3v) is 17.3. The van der Waals surface area contributed by atoms with Gasteiger partial charge in [0.1, 0.15) is 0 Å². The van der Waals surface area contributed by atoms with Crippen molar-refractivity contribution >= 4 is 114 Å². The molecule has 0 saturated heterocycles. The van der Waals surface area contributed by atoms with Crippen LogP contribution in [0.5, 0.6) is 0 Å². The number of aromatic nitrogens is 1. The van der Waals surface area contributed by atoms with E-state index in [0.717, 1.165) is 0 Å². The molecule has 10 aromatic rings. The van der Waals surface area contributed by atoms with E-state index in [1.807, 2.05) is 11.8 Å². The summed E-state index contributed by atoms with van der Waals surface area (Å²) in [5, 5.41) is 2.55. The Morgan fingerprint density at radius 1 is 0.443 bits per heavy atom. The first kappa shape index (κ1) is 41.8. The van der Waals surface area contributed by atoms with E-state index in [4.69, 9.17) is 0 Å². The lowest BCUT2D eigenvalue weighted by molar-refractivity contribution is 0.867. The average molecular weight is 918 g/mol. The van der Waals surface area contributed by atoms with Crippen molar-refractivity contribution in [2.75, 3.05) is 9.80 Å². The van der Waals surface area contributed by atoms with Gasteiger partial charge in [-0.3, -0.25) is 0 Å². The van der Waals surface area contributed by atoms with E-state index in [-0.39, 0.29) is 13.4 Å². The molecule has 0 unspecified atom stereocenters. The normalized spacial score (nSPS) is 13.9. The quantitative estimate of drug-likeness (QED) is 0.154. The van der Waals surface area contributed by atoms with Gasteiger partial charge in [-0.05, 0) is 134 Å². The van der Waals surface area contributed by atoms with Crippen molar-refractivity contribution in [1.82, 2.24) is 4.57 Å². The van der Waals surface area contributed by atoms with E-state index >= 15 is 0 Å². The lowest BCUT2D eigenvalue weighted by atomic mass is 9.29. The Labute approximate surface area is 417 Å². The van der Waals surface area contributed by atoms with Gasteiger partial charge >= 0.3 is 0 Å². The van der Waals surface area contributed by atoms with Gasteiger partial charge in [0.25, 0.3) is 6.71 Å². The third-order valence-electron chi connectivity index (χ3n) is 16.1. The lowest BCUT2D eigenvalue weighted by Crippen LogP contribution is -2.68. The van der Waals surface area contributed by atoms with Crippen molar-refractivity contribution < 1.29 is 0 Å². The molecule has 6 heteroatoms. The van der Waals surface area contributed by atoms with Gasteiger partial charge in [0.15, 0.2) is 0 Å². The van der Waals surface area contributed by atoms with Crippen molar-refractivity contribution in [3.63, 3.8) is 0 Å². The molecule has 70 heavy (non-hydrogen) atoms. The van der Waals surface area contributed by atoms with Crippen LogP contribution in [0.4, 0.5) is 34.1 Å². The zero-order valence-electron chi connectivity index (χ0n) is 40.9. The van der Waals surface area contributed by atoms with Gasteiger partial charge < -0.3 is 14.4 Å². The Balaban J connectivity index is 1.24. The summed E-state index contributed by atoms with van der Waals surface area (Å²) in [6.07, 6.45) is 0. The number of benzene rings is 9. The lowest BCUT2D eigenvalue weighted by Gasteiger charge is -2.51. The first-order valence-corrected chi connectivity index (χ1v) is 26.2. The summed E-state index contributed by atoms with van der Waals surface area (Å²) in [7, 11) is 0. The number of rotatable bonds is 6. The molecule has 4 aliphatic heterocycles. The third kappa shape index (κ3) is 5.74. The molecule has 0 saturated carbocycles. The van der Waals surface area contributed by atoms with Crippen LogP contribution in [-0.4, -0.2) is 18.0 Å². The number of anilines is 6. The number of aryl methyl sites for hydroxylation is 1. The van der Waals surface area contributed by atoms with Crippen molar-refractivity contribution in [2.45, 2.75) is 76.0 Å². The number of nitrogens with zero attached hydrogens (tertiary/aromatic N) is 3. The largest absolute Gasteiger partial charge is 0.312 e. The molecule has 5 heterocycles. The molecular weight excluding hydrogens is 864 g/mol. The van der Waals surface area contributed by atoms with Crippen LogP contribution in [-0.2, 0) is 0 Å². The number of fused-ring (bicyclic) bond motifs is 13. The molecule has 0 amide bonds. The summed E-state index contributed by atoms with van der Waals surface area (Å²) in [6, 6.07) is 67.9. The van der Waals surface area contributed by atoms with Gasteiger partial charge in [0, 0.05) is 60.3 Å². The van der Waals surface area contributed by atoms with Crippen LogP contribution in [0.3, 0.4) is 0 Å². The van der Waals surface area contributed by atoms with Crippen molar-refractivity contribution in [3.05, 3.63) is 198 Å². The maximum atomic E-state index is 2.72. The smallest absolute Gasteiger partial charge is 0.252 e. The van der Waals surface area contributed by atoms with E-state index in [0.29, 0.717) is 17.8 Å². The highest BCUT2D eigenvalue weighted by molar-refractivity contribution is 8.00. The zero-order chi connectivity index (χ0) is 47.3. The molecule has 0 aliphatic carbocycles. The highest BCUT2D eigenvalue weighted by Gasteiger charge is 2.52. The Kier molecular flexibility index (Phi) is 9.21. The number of para-hydroxylation sites is 3. The fourth-order valence-electron chi connectivity index (χ4n) is 12.7. The van der Waals surface area contributed by atoms with Crippen molar-refractivity contribution in [3.8, 4) is 16.8 Å². The van der Waals surface area contributed by atoms with E-state index in [1.54, 1.807) is 0 Å². The summed E-state index contributed by atoms with van der Waals surface area (Å²) < 4.78 is 2.48. The Morgan fingerprint density at radius 3 is 1.63 bits per heavy atom. The fraction of sp³-hybridized carbons (Fsp3) is 0.156. The van der Waals surface area contributed by atoms with E-state index in [2.05, 4.69) is 239 Å². The molecule has 0 N–H and O–H groups in total. The molecule has 0 radical (unpaired) electrons. The highest BCUT2D eigenvalue weighted by Crippen LogP contribution is 2.55. The van der Waals surface area contributed by atoms with Crippen LogP contribution in [0.25, 0.3) is 38.6 Å². The van der Waals surface area contributed by atoms with Crippen LogP contribution in [0.15, 0.2) is 186 Å². The Bertz CT molecular complexity index is 3850. The molecule has 0 bridgehead atoms. The molecule has 3 nitrogen and oxygen atoms in total. The van der Waals surface area contributed by atoms with Gasteiger partial charge in [0.05, 0.1) is 16.7 Å². The molecule has 0 fully saturated rings. The first-order valence-electron chi connectivity index (χ1n) is 25.3. The van der Waals surface area contributed by atoms with E-state index in [1.165, 1.54) is 138 Å². The van der Waals surface area contributed by atoms with Gasteiger partial charge in [-0.15, -0.1) is 0 Å². The molecule has 9 aromatic carbocycles. The summed E-state index contributed by atoms with van der Waals surface area (Å²) in [6.45, 7) is 16.4. The fourth-order valence-corrected chi connectivity index (χ4v) is 14.0. The molecule has 14 rings (SSSR count).